The fourth-order valence-corrected chi connectivity index (χ4v) is 4.96. The van der Waals surface area contributed by atoms with E-state index in [1.807, 2.05) is 40.9 Å². The van der Waals surface area contributed by atoms with Gasteiger partial charge in [0.15, 0.2) is 5.82 Å². The fourth-order valence-electron chi connectivity index (χ4n) is 4.66. The van der Waals surface area contributed by atoms with E-state index < -0.39 is 0 Å². The van der Waals surface area contributed by atoms with Gasteiger partial charge in [0.1, 0.15) is 5.82 Å². The molecule has 3 heterocycles. The number of benzene rings is 2. The lowest BCUT2D eigenvalue weighted by Crippen LogP contribution is -2.36. The van der Waals surface area contributed by atoms with Crippen LogP contribution in [0.25, 0.3) is 17.2 Å². The number of fused-ring (bicyclic) bond motifs is 2. The van der Waals surface area contributed by atoms with Gasteiger partial charge >= 0.3 is 0 Å². The zero-order valence-electron chi connectivity index (χ0n) is 18.3. The summed E-state index contributed by atoms with van der Waals surface area (Å²) in [5.41, 5.74) is 5.27. The minimum absolute atomic E-state index is 0.619. The Kier molecular flexibility index (Phi) is 5.36. The van der Waals surface area contributed by atoms with Crippen LogP contribution in [0.15, 0.2) is 48.5 Å². The van der Waals surface area contributed by atoms with Crippen LogP contribution < -0.4 is 10.2 Å². The van der Waals surface area contributed by atoms with E-state index in [0.29, 0.717) is 11.6 Å². The van der Waals surface area contributed by atoms with Crippen molar-refractivity contribution in [1.29, 1.82) is 0 Å². The first-order chi connectivity index (χ1) is 16.3. The monoisotopic (exact) mass is 460 g/mol. The van der Waals surface area contributed by atoms with E-state index in [1.54, 1.807) is 0 Å². The number of rotatable bonds is 4. The summed E-state index contributed by atoms with van der Waals surface area (Å²) in [6.45, 7) is 3.17. The molecule has 168 valence electrons. The Hall–Kier alpha value is -3.16. The summed E-state index contributed by atoms with van der Waals surface area (Å²) in [6, 6.07) is 16.2. The number of anilines is 3. The van der Waals surface area contributed by atoms with E-state index in [9.17, 15) is 0 Å². The average Bonchev–Trinajstić information content (AvgIpc) is 3.29. The highest BCUT2D eigenvalue weighted by molar-refractivity contribution is 6.33. The molecule has 1 N–H and O–H groups in total. The minimum Gasteiger partial charge on any atom is -0.378 e. The van der Waals surface area contributed by atoms with Gasteiger partial charge in [-0.1, -0.05) is 41.9 Å². The predicted molar refractivity (Wildman–Crippen MR) is 131 cm³/mol. The summed E-state index contributed by atoms with van der Waals surface area (Å²) >= 11 is 6.71. The maximum absolute atomic E-state index is 6.71. The summed E-state index contributed by atoms with van der Waals surface area (Å²) in [5, 5.41) is 9.16. The number of aryl methyl sites for hydroxylation is 1. The Morgan fingerprint density at radius 3 is 2.58 bits per heavy atom. The van der Waals surface area contributed by atoms with Crippen molar-refractivity contribution >= 4 is 34.6 Å². The maximum Gasteiger partial charge on any atom is 0.254 e. The Bertz CT molecular complexity index is 1300. The van der Waals surface area contributed by atoms with Gasteiger partial charge in [-0.3, -0.25) is 0 Å². The summed E-state index contributed by atoms with van der Waals surface area (Å²) < 4.78 is 7.32. The Balaban J connectivity index is 1.40. The molecule has 8 heteroatoms. The van der Waals surface area contributed by atoms with Crippen molar-refractivity contribution < 1.29 is 4.74 Å². The van der Waals surface area contributed by atoms with Crippen molar-refractivity contribution in [3.8, 4) is 11.4 Å². The van der Waals surface area contributed by atoms with Crippen LogP contribution in [0.1, 0.15) is 24.1 Å². The highest BCUT2D eigenvalue weighted by Crippen LogP contribution is 2.34. The number of halogens is 1. The van der Waals surface area contributed by atoms with Crippen LogP contribution in [0, 0.1) is 0 Å². The molecule has 2 aliphatic rings. The molecule has 0 spiro atoms. The number of nitrogens with zero attached hydrogens (tertiary/aromatic N) is 5. The molecule has 1 aliphatic carbocycles. The highest BCUT2D eigenvalue weighted by Gasteiger charge is 2.22. The standard InChI is InChI=1S/C25H25ClN6O/c26-20-16-18(10-11-22(20)31-12-14-33-15-13-31)27-24-19-8-4-5-9-21(19)28-25-29-23(30-32(24)25)17-6-2-1-3-7-17/h1-3,6-7,10-11,16,27H,4-5,8-9,12-15H2. The minimum atomic E-state index is 0.619. The molecule has 33 heavy (non-hydrogen) atoms. The van der Waals surface area contributed by atoms with E-state index in [1.165, 1.54) is 5.56 Å². The van der Waals surface area contributed by atoms with E-state index in [4.69, 9.17) is 31.4 Å². The lowest BCUT2D eigenvalue weighted by molar-refractivity contribution is 0.122. The van der Waals surface area contributed by atoms with Crippen molar-refractivity contribution in [3.05, 3.63) is 64.8 Å². The second-order valence-electron chi connectivity index (χ2n) is 8.50. The molecule has 1 fully saturated rings. The largest absolute Gasteiger partial charge is 0.378 e. The molecule has 0 amide bonds. The zero-order valence-corrected chi connectivity index (χ0v) is 19.1. The van der Waals surface area contributed by atoms with Gasteiger partial charge in [0.05, 0.1) is 29.6 Å². The van der Waals surface area contributed by atoms with Crippen LogP contribution in [-0.4, -0.2) is 45.9 Å². The van der Waals surface area contributed by atoms with Crippen molar-refractivity contribution in [3.63, 3.8) is 0 Å². The third-order valence-electron chi connectivity index (χ3n) is 6.36. The van der Waals surface area contributed by atoms with Crippen LogP contribution in [-0.2, 0) is 17.6 Å². The molecule has 0 atom stereocenters. The van der Waals surface area contributed by atoms with Gasteiger partial charge in [-0.25, -0.2) is 4.98 Å². The smallest absolute Gasteiger partial charge is 0.254 e. The van der Waals surface area contributed by atoms with Crippen LogP contribution in [0.3, 0.4) is 0 Å². The van der Waals surface area contributed by atoms with Crippen molar-refractivity contribution in [1.82, 2.24) is 19.6 Å². The summed E-state index contributed by atoms with van der Waals surface area (Å²) in [5.74, 6) is 2.22. The summed E-state index contributed by atoms with van der Waals surface area (Å²) in [7, 11) is 0. The number of morpholine rings is 1. The lowest BCUT2D eigenvalue weighted by atomic mass is 9.96. The normalized spacial score (nSPS) is 16.1. The first-order valence-corrected chi connectivity index (χ1v) is 11.9. The van der Waals surface area contributed by atoms with E-state index in [2.05, 4.69) is 22.3 Å². The number of aromatic nitrogens is 4. The summed E-state index contributed by atoms with van der Waals surface area (Å²) in [6.07, 6.45) is 4.23. The highest BCUT2D eigenvalue weighted by atomic mass is 35.5. The second kappa shape index (κ2) is 8.65. The molecule has 7 nitrogen and oxygen atoms in total. The van der Waals surface area contributed by atoms with Crippen LogP contribution in [0.2, 0.25) is 5.02 Å². The Morgan fingerprint density at radius 1 is 0.939 bits per heavy atom. The number of ether oxygens (including phenoxy) is 1. The molecule has 0 radical (unpaired) electrons. The molecular weight excluding hydrogens is 436 g/mol. The number of nitrogens with one attached hydrogen (secondary N) is 1. The molecule has 4 aromatic rings. The Labute approximate surface area is 197 Å². The second-order valence-corrected chi connectivity index (χ2v) is 8.90. The SMILES string of the molecule is Clc1cc(Nc2c3c(nc4nc(-c5ccccc5)nn24)CCCC3)ccc1N1CCOCC1. The van der Waals surface area contributed by atoms with Gasteiger partial charge in [0.2, 0.25) is 0 Å². The van der Waals surface area contributed by atoms with Crippen LogP contribution in [0.5, 0.6) is 0 Å². The number of hydrogen-bond acceptors (Lipinski definition) is 6. The van der Waals surface area contributed by atoms with Gasteiger partial charge in [-0.05, 0) is 43.9 Å². The quantitative estimate of drug-likeness (QED) is 0.467. The molecule has 6 rings (SSSR count). The molecule has 0 bridgehead atoms. The maximum atomic E-state index is 6.71. The molecule has 1 aliphatic heterocycles. The van der Waals surface area contributed by atoms with Crippen molar-refractivity contribution in [2.75, 3.05) is 36.5 Å². The molecule has 0 saturated carbocycles. The zero-order chi connectivity index (χ0) is 22.2. The first kappa shape index (κ1) is 20.4. The van der Waals surface area contributed by atoms with Gasteiger partial charge in [0, 0.05) is 29.9 Å². The van der Waals surface area contributed by atoms with E-state index >= 15 is 0 Å². The topological polar surface area (TPSA) is 67.6 Å². The third kappa shape index (κ3) is 3.92. The van der Waals surface area contributed by atoms with Crippen LogP contribution >= 0.6 is 11.6 Å². The first-order valence-electron chi connectivity index (χ1n) is 11.5. The van der Waals surface area contributed by atoms with Gasteiger partial charge in [-0.15, -0.1) is 5.10 Å². The lowest BCUT2D eigenvalue weighted by Gasteiger charge is -2.29. The van der Waals surface area contributed by atoms with Gasteiger partial charge in [-0.2, -0.15) is 9.50 Å². The summed E-state index contributed by atoms with van der Waals surface area (Å²) in [4.78, 5) is 11.9. The fraction of sp³-hybridized carbons (Fsp3) is 0.320. The van der Waals surface area contributed by atoms with E-state index in [0.717, 1.165) is 85.5 Å². The van der Waals surface area contributed by atoms with Crippen LogP contribution in [0.4, 0.5) is 17.2 Å². The van der Waals surface area contributed by atoms with Gasteiger partial charge in [0.25, 0.3) is 5.78 Å². The Morgan fingerprint density at radius 2 is 1.76 bits per heavy atom. The number of hydrogen-bond donors (Lipinski definition) is 1. The van der Waals surface area contributed by atoms with Crippen molar-refractivity contribution in [2.24, 2.45) is 0 Å². The average molecular weight is 461 g/mol. The molecule has 2 aromatic heterocycles. The molecular formula is C25H25ClN6O. The van der Waals surface area contributed by atoms with Crippen molar-refractivity contribution in [2.45, 2.75) is 25.7 Å². The predicted octanol–water partition coefficient (Wildman–Crippen LogP) is 4.90. The molecule has 1 saturated heterocycles. The molecule has 0 unspecified atom stereocenters. The van der Waals surface area contributed by atoms with E-state index in [-0.39, 0.29) is 0 Å². The van der Waals surface area contributed by atoms with Gasteiger partial charge < -0.3 is 15.0 Å². The third-order valence-corrected chi connectivity index (χ3v) is 6.66. The molecule has 2 aromatic carbocycles.